The number of hydrogen-bond donors (Lipinski definition) is 2. The Morgan fingerprint density at radius 3 is 2.25 bits per heavy atom. The van der Waals surface area contributed by atoms with E-state index in [2.05, 4.69) is 10.3 Å². The first-order chi connectivity index (χ1) is 9.16. The number of allylic oxidation sites excluding steroid dienone is 2. The lowest BCUT2D eigenvalue weighted by Crippen LogP contribution is -2.40. The van der Waals surface area contributed by atoms with Crippen LogP contribution in [0, 0.1) is 23.7 Å². The molecule has 0 bridgehead atoms. The predicted molar refractivity (Wildman–Crippen MR) is 77.8 cm³/mol. The predicted octanol–water partition coefficient (Wildman–Crippen LogP) is 2.23. The highest BCUT2D eigenvalue weighted by atomic mass is 32.2. The molecule has 0 atom stereocenters. The van der Waals surface area contributed by atoms with Gasteiger partial charge in [0.2, 0.25) is 0 Å². The van der Waals surface area contributed by atoms with Crippen molar-refractivity contribution in [1.82, 2.24) is 10.3 Å². The van der Waals surface area contributed by atoms with E-state index in [1.807, 2.05) is 33.8 Å². The Labute approximate surface area is 120 Å². The van der Waals surface area contributed by atoms with Crippen molar-refractivity contribution in [2.75, 3.05) is 0 Å². The maximum Gasteiger partial charge on any atom is 0.257 e. The van der Waals surface area contributed by atoms with Gasteiger partial charge in [-0.15, -0.1) is 4.83 Å². The minimum absolute atomic E-state index is 0.167. The monoisotopic (exact) mass is 293 g/mol. The van der Waals surface area contributed by atoms with Crippen LogP contribution in [0.4, 0.5) is 0 Å². The fraction of sp³-hybridized carbons (Fsp3) is 0.357. The van der Waals surface area contributed by atoms with Crippen LogP contribution in [-0.2, 0) is 10.0 Å². The van der Waals surface area contributed by atoms with Crippen LogP contribution in [0.25, 0.3) is 0 Å². The summed E-state index contributed by atoms with van der Waals surface area (Å²) in [5.74, 6) is 0. The van der Waals surface area contributed by atoms with Crippen molar-refractivity contribution < 1.29 is 8.42 Å². The molecule has 0 heterocycles. The summed E-state index contributed by atoms with van der Waals surface area (Å²) in [4.78, 5) is 2.46. The molecule has 0 radical (unpaired) electrons. The average Bonchev–Trinajstić information content (AvgIpc) is 2.33. The number of hydrazine groups is 1. The molecule has 0 aliphatic rings. The molecule has 0 amide bonds. The van der Waals surface area contributed by atoms with Gasteiger partial charge in [0.25, 0.3) is 10.0 Å². The Balaban J connectivity index is 2.90. The van der Waals surface area contributed by atoms with Crippen LogP contribution < -0.4 is 10.3 Å². The molecule has 1 aromatic rings. The molecular weight excluding hydrogens is 274 g/mol. The summed E-state index contributed by atoms with van der Waals surface area (Å²) in [7, 11) is -3.66. The number of benzene rings is 1. The van der Waals surface area contributed by atoms with Crippen LogP contribution >= 0.6 is 0 Å². The van der Waals surface area contributed by atoms with Crippen LogP contribution in [0.5, 0.6) is 0 Å². The number of nitriles is 1. The molecule has 5 nitrogen and oxygen atoms in total. The zero-order chi connectivity index (χ0) is 15.4. The van der Waals surface area contributed by atoms with E-state index in [0.717, 1.165) is 5.56 Å². The third-order valence-electron chi connectivity index (χ3n) is 2.67. The van der Waals surface area contributed by atoms with Crippen LogP contribution in [0.15, 0.2) is 40.9 Å². The third kappa shape index (κ3) is 4.37. The Bertz CT molecular complexity index is 632. The van der Waals surface area contributed by atoms with Crippen LogP contribution in [0.3, 0.4) is 0 Å². The molecule has 1 aromatic carbocycles. The van der Waals surface area contributed by atoms with Gasteiger partial charge in [-0.2, -0.15) is 5.26 Å². The number of nitrogens with one attached hydrogen (secondary N) is 2. The van der Waals surface area contributed by atoms with Gasteiger partial charge in [0.1, 0.15) is 0 Å². The maximum absolute atomic E-state index is 12.1. The number of nitrogens with zero attached hydrogens (tertiary/aromatic N) is 1. The van der Waals surface area contributed by atoms with Crippen molar-refractivity contribution in [3.8, 4) is 6.07 Å². The molecular formula is C14H19N3O2S. The lowest BCUT2D eigenvalue weighted by Gasteiger charge is -2.23. The summed E-state index contributed by atoms with van der Waals surface area (Å²) < 4.78 is 24.2. The van der Waals surface area contributed by atoms with Gasteiger partial charge in [-0.25, -0.2) is 8.42 Å². The van der Waals surface area contributed by atoms with E-state index in [1.54, 1.807) is 12.1 Å². The third-order valence-corrected chi connectivity index (χ3v) is 3.93. The fourth-order valence-corrected chi connectivity index (χ4v) is 2.26. The summed E-state index contributed by atoms with van der Waals surface area (Å²) in [6.45, 7) is 7.52. The van der Waals surface area contributed by atoms with Crippen molar-refractivity contribution in [3.63, 3.8) is 0 Å². The fourth-order valence-electron chi connectivity index (χ4n) is 1.40. The Morgan fingerprint density at radius 1 is 1.25 bits per heavy atom. The molecule has 20 heavy (non-hydrogen) atoms. The molecule has 0 unspecified atom stereocenters. The van der Waals surface area contributed by atoms with E-state index in [4.69, 9.17) is 5.26 Å². The van der Waals surface area contributed by atoms with Gasteiger partial charge in [-0.3, -0.25) is 0 Å². The van der Waals surface area contributed by atoms with Crippen LogP contribution in [0.2, 0.25) is 0 Å². The number of sulfonamides is 1. The Hall–Kier alpha value is -1.84. The molecule has 2 N–H and O–H groups in total. The minimum Gasteiger partial charge on any atom is -0.311 e. The minimum atomic E-state index is -3.66. The van der Waals surface area contributed by atoms with Crippen molar-refractivity contribution in [1.29, 1.82) is 5.26 Å². The molecule has 0 saturated heterocycles. The van der Waals surface area contributed by atoms with Gasteiger partial charge in [-0.05, 0) is 19.1 Å². The lowest BCUT2D eigenvalue weighted by molar-refractivity contribution is 0.450. The highest BCUT2D eigenvalue weighted by Crippen LogP contribution is 2.22. The summed E-state index contributed by atoms with van der Waals surface area (Å²) in [5, 5.41) is 8.73. The molecule has 0 saturated carbocycles. The first kappa shape index (κ1) is 16.2. The largest absolute Gasteiger partial charge is 0.311 e. The molecule has 0 spiro atoms. The van der Waals surface area contributed by atoms with Gasteiger partial charge >= 0.3 is 0 Å². The van der Waals surface area contributed by atoms with Gasteiger partial charge < -0.3 is 5.43 Å². The Morgan fingerprint density at radius 2 is 1.80 bits per heavy atom. The number of aryl methyl sites for hydroxylation is 1. The van der Waals surface area contributed by atoms with Gasteiger partial charge in [-0.1, -0.05) is 38.5 Å². The molecule has 6 heteroatoms. The smallest absolute Gasteiger partial charge is 0.257 e. The second kappa shape index (κ2) is 6.07. The first-order valence-electron chi connectivity index (χ1n) is 6.11. The van der Waals surface area contributed by atoms with E-state index >= 15 is 0 Å². The molecule has 0 aliphatic heterocycles. The number of rotatable bonds is 4. The lowest BCUT2D eigenvalue weighted by atomic mass is 9.92. The summed E-state index contributed by atoms with van der Waals surface area (Å²) in [5.41, 5.74) is 3.72. The summed E-state index contributed by atoms with van der Waals surface area (Å²) in [6, 6.07) is 8.42. The quantitative estimate of drug-likeness (QED) is 0.659. The van der Waals surface area contributed by atoms with Crippen molar-refractivity contribution in [2.45, 2.75) is 32.6 Å². The van der Waals surface area contributed by atoms with E-state index in [0.29, 0.717) is 5.70 Å². The van der Waals surface area contributed by atoms with Crippen molar-refractivity contribution in [3.05, 3.63) is 41.6 Å². The maximum atomic E-state index is 12.1. The summed E-state index contributed by atoms with van der Waals surface area (Å²) in [6.07, 6.45) is 1.29. The second-order valence-corrected chi connectivity index (χ2v) is 7.16. The second-order valence-electron chi connectivity index (χ2n) is 5.48. The van der Waals surface area contributed by atoms with Crippen molar-refractivity contribution in [2.24, 2.45) is 5.41 Å². The zero-order valence-electron chi connectivity index (χ0n) is 12.1. The first-order valence-corrected chi connectivity index (χ1v) is 7.60. The van der Waals surface area contributed by atoms with E-state index in [9.17, 15) is 8.42 Å². The molecule has 0 fully saturated rings. The van der Waals surface area contributed by atoms with E-state index in [-0.39, 0.29) is 10.3 Å². The average molecular weight is 293 g/mol. The van der Waals surface area contributed by atoms with Gasteiger partial charge in [0, 0.05) is 17.2 Å². The molecule has 108 valence electrons. The normalized spacial score (nSPS) is 12.8. The standard InChI is InChI=1S/C14H19N3O2S/c1-11-5-7-12(8-6-11)20(18,19)17-16-13(9-10-15)14(2,3)4/h5-9,16-17H,1-4H3/b13-9-. The molecule has 0 aromatic heterocycles. The van der Waals surface area contributed by atoms with E-state index in [1.165, 1.54) is 18.2 Å². The topological polar surface area (TPSA) is 82.0 Å². The van der Waals surface area contributed by atoms with E-state index < -0.39 is 10.0 Å². The highest BCUT2D eigenvalue weighted by molar-refractivity contribution is 7.89. The molecule has 0 aliphatic carbocycles. The van der Waals surface area contributed by atoms with Crippen molar-refractivity contribution >= 4 is 10.0 Å². The summed E-state index contributed by atoms with van der Waals surface area (Å²) >= 11 is 0. The van der Waals surface area contributed by atoms with Crippen LogP contribution in [-0.4, -0.2) is 8.42 Å². The highest BCUT2D eigenvalue weighted by Gasteiger charge is 2.20. The zero-order valence-corrected chi connectivity index (χ0v) is 12.9. The number of hydrogen-bond acceptors (Lipinski definition) is 4. The SMILES string of the molecule is Cc1ccc(S(=O)(=O)NN/C(=C\C#N)C(C)(C)C)cc1. The Kier molecular flexibility index (Phi) is 4.93. The van der Waals surface area contributed by atoms with Gasteiger partial charge in [0.15, 0.2) is 0 Å². The van der Waals surface area contributed by atoms with Crippen LogP contribution in [0.1, 0.15) is 26.3 Å². The molecule has 1 rings (SSSR count). The van der Waals surface area contributed by atoms with Gasteiger partial charge in [0.05, 0.1) is 11.0 Å².